The highest BCUT2D eigenvalue weighted by Crippen LogP contribution is 2.38. The SMILES string of the molecule is N#CC1CCC[N+]12Cc1ccccc1C2. The van der Waals surface area contributed by atoms with Crippen molar-refractivity contribution in [3.63, 3.8) is 0 Å². The highest BCUT2D eigenvalue weighted by atomic mass is 15.4. The van der Waals surface area contributed by atoms with Gasteiger partial charge < -0.3 is 4.48 Å². The Morgan fingerprint density at radius 2 is 1.87 bits per heavy atom. The molecule has 0 aliphatic carbocycles. The van der Waals surface area contributed by atoms with Gasteiger partial charge in [0, 0.05) is 24.0 Å². The first kappa shape index (κ1) is 8.94. The van der Waals surface area contributed by atoms with Gasteiger partial charge >= 0.3 is 0 Å². The average molecular weight is 199 g/mol. The van der Waals surface area contributed by atoms with Gasteiger partial charge in [-0.2, -0.15) is 5.26 Å². The number of hydrogen-bond acceptors (Lipinski definition) is 1. The van der Waals surface area contributed by atoms with Gasteiger partial charge in [-0.25, -0.2) is 0 Å². The second-order valence-corrected chi connectivity index (χ2v) is 4.81. The lowest BCUT2D eigenvalue weighted by molar-refractivity contribution is -0.951. The van der Waals surface area contributed by atoms with Crippen LogP contribution in [0.2, 0.25) is 0 Å². The molecule has 0 N–H and O–H groups in total. The maximum atomic E-state index is 9.21. The van der Waals surface area contributed by atoms with Crippen LogP contribution in [0.3, 0.4) is 0 Å². The fourth-order valence-electron chi connectivity index (χ4n) is 3.20. The molecular formula is C13H15N2+. The summed E-state index contributed by atoms with van der Waals surface area (Å²) >= 11 is 0. The third-order valence-corrected chi connectivity index (χ3v) is 3.98. The van der Waals surface area contributed by atoms with Crippen LogP contribution in [0, 0.1) is 11.3 Å². The van der Waals surface area contributed by atoms with Crippen LogP contribution >= 0.6 is 0 Å². The Morgan fingerprint density at radius 3 is 2.47 bits per heavy atom. The summed E-state index contributed by atoms with van der Waals surface area (Å²) in [5.74, 6) is 0. The van der Waals surface area contributed by atoms with Gasteiger partial charge in [0.15, 0.2) is 6.04 Å². The molecule has 3 rings (SSSR count). The molecule has 15 heavy (non-hydrogen) atoms. The van der Waals surface area contributed by atoms with Crippen molar-refractivity contribution in [3.05, 3.63) is 35.4 Å². The molecule has 1 spiro atoms. The zero-order chi connectivity index (χ0) is 10.3. The molecular weight excluding hydrogens is 184 g/mol. The molecule has 0 radical (unpaired) electrons. The predicted octanol–water partition coefficient (Wildman–Crippen LogP) is 2.20. The smallest absolute Gasteiger partial charge is 0.177 e. The molecule has 2 heterocycles. The summed E-state index contributed by atoms with van der Waals surface area (Å²) in [5.41, 5.74) is 2.92. The van der Waals surface area contributed by atoms with E-state index < -0.39 is 0 Å². The summed E-state index contributed by atoms with van der Waals surface area (Å²) < 4.78 is 1.01. The summed E-state index contributed by atoms with van der Waals surface area (Å²) in [4.78, 5) is 0. The second-order valence-electron chi connectivity index (χ2n) is 4.81. The Bertz CT molecular complexity index is 405. The number of nitriles is 1. The fourth-order valence-corrected chi connectivity index (χ4v) is 3.20. The third-order valence-electron chi connectivity index (χ3n) is 3.98. The van der Waals surface area contributed by atoms with E-state index in [0.29, 0.717) is 0 Å². The summed E-state index contributed by atoms with van der Waals surface area (Å²) in [6.07, 6.45) is 2.30. The van der Waals surface area contributed by atoms with Crippen molar-refractivity contribution in [1.29, 1.82) is 5.26 Å². The van der Waals surface area contributed by atoms with Crippen LogP contribution in [-0.4, -0.2) is 17.1 Å². The first-order chi connectivity index (χ1) is 7.34. The molecule has 0 amide bonds. The Kier molecular flexibility index (Phi) is 1.83. The van der Waals surface area contributed by atoms with Crippen molar-refractivity contribution in [1.82, 2.24) is 0 Å². The van der Waals surface area contributed by atoms with Gasteiger partial charge in [-0.1, -0.05) is 24.3 Å². The summed E-state index contributed by atoms with van der Waals surface area (Å²) in [7, 11) is 0. The second kappa shape index (κ2) is 3.08. The minimum atomic E-state index is 0.234. The normalized spacial score (nSPS) is 26.5. The van der Waals surface area contributed by atoms with Crippen molar-refractivity contribution in [2.75, 3.05) is 6.54 Å². The monoisotopic (exact) mass is 199 g/mol. The highest BCUT2D eigenvalue weighted by Gasteiger charge is 2.46. The first-order valence-corrected chi connectivity index (χ1v) is 5.66. The van der Waals surface area contributed by atoms with Crippen molar-refractivity contribution >= 4 is 0 Å². The van der Waals surface area contributed by atoms with Crippen LogP contribution < -0.4 is 0 Å². The molecule has 1 aromatic rings. The maximum absolute atomic E-state index is 9.21. The fraction of sp³-hybridized carbons (Fsp3) is 0.462. The summed E-state index contributed by atoms with van der Waals surface area (Å²) in [5, 5.41) is 9.21. The standard InChI is InChI=1S/C13H15N2/c14-8-13-6-3-7-15(13)9-11-4-1-2-5-12(11)10-15/h1-2,4-5,13H,3,6-7,9-10H2/q+1. The Balaban J connectivity index is 1.98. The Morgan fingerprint density at radius 1 is 1.20 bits per heavy atom. The van der Waals surface area contributed by atoms with Crippen LogP contribution in [0.15, 0.2) is 24.3 Å². The van der Waals surface area contributed by atoms with Crippen LogP contribution in [-0.2, 0) is 13.1 Å². The van der Waals surface area contributed by atoms with E-state index >= 15 is 0 Å². The van der Waals surface area contributed by atoms with Crippen molar-refractivity contribution < 1.29 is 4.48 Å². The van der Waals surface area contributed by atoms with E-state index in [9.17, 15) is 5.26 Å². The lowest BCUT2D eigenvalue weighted by Crippen LogP contribution is -2.46. The van der Waals surface area contributed by atoms with Crippen LogP contribution in [0.1, 0.15) is 24.0 Å². The molecule has 1 atom stereocenters. The molecule has 0 bridgehead atoms. The van der Waals surface area contributed by atoms with E-state index in [2.05, 4.69) is 30.3 Å². The van der Waals surface area contributed by atoms with Crippen LogP contribution in [0.4, 0.5) is 0 Å². The lowest BCUT2D eigenvalue weighted by atomic mass is 10.1. The molecule has 2 nitrogen and oxygen atoms in total. The number of rotatable bonds is 0. The zero-order valence-electron chi connectivity index (χ0n) is 8.82. The van der Waals surface area contributed by atoms with Crippen LogP contribution in [0.5, 0.6) is 0 Å². The van der Waals surface area contributed by atoms with Crippen molar-refractivity contribution in [2.45, 2.75) is 32.0 Å². The van der Waals surface area contributed by atoms with Crippen LogP contribution in [0.25, 0.3) is 0 Å². The van der Waals surface area contributed by atoms with Gasteiger partial charge in [0.1, 0.15) is 19.2 Å². The minimum absolute atomic E-state index is 0.234. The van der Waals surface area contributed by atoms with Gasteiger partial charge in [0.05, 0.1) is 6.54 Å². The Hall–Kier alpha value is -1.33. The van der Waals surface area contributed by atoms with Crippen molar-refractivity contribution in [3.8, 4) is 6.07 Å². The number of nitrogens with zero attached hydrogens (tertiary/aromatic N) is 2. The molecule has 76 valence electrons. The van der Waals surface area contributed by atoms with E-state index in [-0.39, 0.29) is 6.04 Å². The van der Waals surface area contributed by atoms with Gasteiger partial charge in [0.25, 0.3) is 0 Å². The largest absolute Gasteiger partial charge is 0.302 e. The highest BCUT2D eigenvalue weighted by molar-refractivity contribution is 5.28. The molecule has 2 aliphatic rings. The van der Waals surface area contributed by atoms with E-state index in [4.69, 9.17) is 0 Å². The molecule has 1 saturated heterocycles. The molecule has 1 unspecified atom stereocenters. The molecule has 0 aromatic heterocycles. The molecule has 2 aliphatic heterocycles. The van der Waals surface area contributed by atoms with Crippen molar-refractivity contribution in [2.24, 2.45) is 0 Å². The number of fused-ring (bicyclic) bond motifs is 1. The average Bonchev–Trinajstić information content (AvgIpc) is 2.81. The summed E-state index contributed by atoms with van der Waals surface area (Å²) in [6, 6.07) is 11.4. The zero-order valence-corrected chi connectivity index (χ0v) is 8.82. The van der Waals surface area contributed by atoms with E-state index in [1.54, 1.807) is 0 Å². The Labute approximate surface area is 90.3 Å². The summed E-state index contributed by atoms with van der Waals surface area (Å²) in [6.45, 7) is 3.34. The quantitative estimate of drug-likeness (QED) is 0.588. The lowest BCUT2D eigenvalue weighted by Gasteiger charge is -2.32. The number of hydrogen-bond donors (Lipinski definition) is 0. The first-order valence-electron chi connectivity index (χ1n) is 5.66. The van der Waals surface area contributed by atoms with E-state index in [1.165, 1.54) is 24.1 Å². The van der Waals surface area contributed by atoms with E-state index in [0.717, 1.165) is 24.0 Å². The molecule has 2 heteroatoms. The molecule has 1 aromatic carbocycles. The predicted molar refractivity (Wildman–Crippen MR) is 57.6 cm³/mol. The maximum Gasteiger partial charge on any atom is 0.177 e. The topological polar surface area (TPSA) is 23.8 Å². The molecule has 1 fully saturated rings. The van der Waals surface area contributed by atoms with Gasteiger partial charge in [-0.15, -0.1) is 0 Å². The number of quaternary nitrogens is 1. The minimum Gasteiger partial charge on any atom is -0.302 e. The number of benzene rings is 1. The third kappa shape index (κ3) is 1.20. The van der Waals surface area contributed by atoms with Gasteiger partial charge in [-0.3, -0.25) is 0 Å². The van der Waals surface area contributed by atoms with Gasteiger partial charge in [0.2, 0.25) is 0 Å². The molecule has 0 saturated carbocycles. The van der Waals surface area contributed by atoms with Gasteiger partial charge in [-0.05, 0) is 0 Å². The van der Waals surface area contributed by atoms with E-state index in [1.807, 2.05) is 0 Å².